The lowest BCUT2D eigenvalue weighted by molar-refractivity contribution is 0.666. The number of aromatic nitrogens is 3. The number of hydrogen-bond acceptors (Lipinski definition) is 4. The lowest BCUT2D eigenvalue weighted by atomic mass is 10.00. The Morgan fingerprint density at radius 3 is 2.09 bits per heavy atom. The fourth-order valence-corrected chi connectivity index (χ4v) is 8.04. The van der Waals surface area contributed by atoms with Gasteiger partial charge in [0.1, 0.15) is 16.8 Å². The average molecular weight is 568 g/mol. The van der Waals surface area contributed by atoms with Gasteiger partial charge in [0.25, 0.3) is 0 Å². The van der Waals surface area contributed by atoms with Gasteiger partial charge >= 0.3 is 0 Å². The molecule has 4 aromatic heterocycles. The fourth-order valence-electron chi connectivity index (χ4n) is 6.80. The van der Waals surface area contributed by atoms with Crippen LogP contribution >= 0.6 is 11.3 Å². The van der Waals surface area contributed by atoms with E-state index in [0.29, 0.717) is 11.5 Å². The van der Waals surface area contributed by atoms with Crippen LogP contribution in [0.15, 0.2) is 132 Å². The molecule has 4 nitrogen and oxygen atoms in total. The number of rotatable bonds is 2. The van der Waals surface area contributed by atoms with Crippen molar-refractivity contribution in [1.29, 1.82) is 0 Å². The molecule has 0 saturated heterocycles. The lowest BCUT2D eigenvalue weighted by Crippen LogP contribution is -2.03. The van der Waals surface area contributed by atoms with Crippen LogP contribution in [0.4, 0.5) is 0 Å². The summed E-state index contributed by atoms with van der Waals surface area (Å²) in [5.41, 5.74) is 6.32. The molecule has 0 aliphatic heterocycles. The Balaban J connectivity index is 1.48. The molecule has 0 N–H and O–H groups in total. The monoisotopic (exact) mass is 567 g/mol. The molecule has 0 amide bonds. The summed E-state index contributed by atoms with van der Waals surface area (Å²) in [6.45, 7) is 0. The minimum atomic E-state index is 0.635. The van der Waals surface area contributed by atoms with Crippen molar-refractivity contribution >= 4 is 86.2 Å². The van der Waals surface area contributed by atoms with Crippen LogP contribution in [0.25, 0.3) is 92.0 Å². The molecule has 200 valence electrons. The Labute approximate surface area is 249 Å². The predicted octanol–water partition coefficient (Wildman–Crippen LogP) is 10.7. The number of nitrogens with zero attached hydrogens (tertiary/aromatic N) is 3. The van der Waals surface area contributed by atoms with Gasteiger partial charge in [-0.3, -0.25) is 4.57 Å². The normalized spacial score (nSPS) is 12.2. The summed E-state index contributed by atoms with van der Waals surface area (Å²) in [5, 5.41) is 8.40. The fraction of sp³-hybridized carbons (Fsp3) is 0. The van der Waals surface area contributed by atoms with Gasteiger partial charge in [0, 0.05) is 47.3 Å². The summed E-state index contributed by atoms with van der Waals surface area (Å²) in [6, 6.07) is 44.6. The average Bonchev–Trinajstić information content (AvgIpc) is 3.75. The maximum Gasteiger partial charge on any atom is 0.236 e. The van der Waals surface area contributed by atoms with E-state index in [1.165, 1.54) is 41.7 Å². The van der Waals surface area contributed by atoms with Gasteiger partial charge in [-0.25, -0.2) is 9.97 Å². The SMILES string of the molecule is c1ccc(-c2nc(-n3c4ccccc4c4c5ccccc5c5sc6ccccc6c5c43)nc3c2oc2ccccc23)cc1. The van der Waals surface area contributed by atoms with Crippen molar-refractivity contribution in [2.75, 3.05) is 0 Å². The smallest absolute Gasteiger partial charge is 0.236 e. The maximum atomic E-state index is 6.43. The van der Waals surface area contributed by atoms with E-state index < -0.39 is 0 Å². The van der Waals surface area contributed by atoms with Crippen molar-refractivity contribution in [2.24, 2.45) is 0 Å². The van der Waals surface area contributed by atoms with Gasteiger partial charge < -0.3 is 4.42 Å². The van der Waals surface area contributed by atoms with Gasteiger partial charge in [-0.15, -0.1) is 11.3 Å². The number of fused-ring (bicyclic) bond motifs is 13. The van der Waals surface area contributed by atoms with Crippen molar-refractivity contribution in [3.8, 4) is 17.2 Å². The molecule has 0 atom stereocenters. The molecule has 0 radical (unpaired) electrons. The second kappa shape index (κ2) is 8.51. The maximum absolute atomic E-state index is 6.43. The van der Waals surface area contributed by atoms with Crippen LogP contribution in [-0.2, 0) is 0 Å². The van der Waals surface area contributed by atoms with E-state index in [4.69, 9.17) is 14.4 Å². The third kappa shape index (κ3) is 3.09. The molecule has 0 spiro atoms. The van der Waals surface area contributed by atoms with Crippen molar-refractivity contribution in [3.05, 3.63) is 127 Å². The van der Waals surface area contributed by atoms with Crippen LogP contribution in [-0.4, -0.2) is 14.5 Å². The predicted molar refractivity (Wildman–Crippen MR) is 179 cm³/mol. The topological polar surface area (TPSA) is 43.9 Å². The molecule has 4 heterocycles. The molecule has 0 fully saturated rings. The highest BCUT2D eigenvalue weighted by Gasteiger charge is 2.24. The van der Waals surface area contributed by atoms with Crippen LogP contribution in [0.5, 0.6) is 0 Å². The van der Waals surface area contributed by atoms with Crippen LogP contribution in [0.1, 0.15) is 0 Å². The van der Waals surface area contributed by atoms with E-state index in [1.54, 1.807) is 0 Å². The molecule has 0 aliphatic carbocycles. The Hall–Kier alpha value is -5.52. The van der Waals surface area contributed by atoms with Crippen molar-refractivity contribution < 1.29 is 4.42 Å². The standard InChI is InChI=1S/C38H21N3OS/c1-2-12-22(13-3-1)33-36-34(26-17-7-10-20-29(26)42-36)40-38(39-33)41-28-19-9-6-16-25(28)31-23-14-4-5-15-24(23)37-32(35(31)41)27-18-8-11-21-30(27)43-37/h1-21H. The number of para-hydroxylation sites is 2. The van der Waals surface area contributed by atoms with Gasteiger partial charge in [-0.2, -0.15) is 0 Å². The van der Waals surface area contributed by atoms with Gasteiger partial charge in [0.15, 0.2) is 5.58 Å². The lowest BCUT2D eigenvalue weighted by Gasteiger charge is -2.11. The summed E-state index contributed by atoms with van der Waals surface area (Å²) in [5.74, 6) is 0.635. The molecule has 0 unspecified atom stereocenters. The summed E-state index contributed by atoms with van der Waals surface area (Å²) >= 11 is 1.86. The van der Waals surface area contributed by atoms with Crippen LogP contribution in [0.2, 0.25) is 0 Å². The number of thiophene rings is 1. The summed E-state index contributed by atoms with van der Waals surface area (Å²) < 4.78 is 11.3. The summed E-state index contributed by atoms with van der Waals surface area (Å²) in [7, 11) is 0. The van der Waals surface area contributed by atoms with E-state index in [-0.39, 0.29) is 0 Å². The van der Waals surface area contributed by atoms with Crippen LogP contribution in [0, 0.1) is 0 Å². The molecule has 10 aromatic rings. The van der Waals surface area contributed by atoms with Crippen LogP contribution in [0.3, 0.4) is 0 Å². The van der Waals surface area contributed by atoms with E-state index in [1.807, 2.05) is 47.7 Å². The van der Waals surface area contributed by atoms with Gasteiger partial charge in [-0.05, 0) is 29.7 Å². The van der Waals surface area contributed by atoms with Crippen molar-refractivity contribution in [2.45, 2.75) is 0 Å². The Bertz CT molecular complexity index is 2730. The second-order valence-electron chi connectivity index (χ2n) is 10.9. The first-order valence-corrected chi connectivity index (χ1v) is 15.2. The molecule has 0 bridgehead atoms. The highest BCUT2D eigenvalue weighted by molar-refractivity contribution is 7.27. The molecule has 0 saturated carbocycles. The summed E-state index contributed by atoms with van der Waals surface area (Å²) in [4.78, 5) is 10.6. The van der Waals surface area contributed by atoms with Crippen molar-refractivity contribution in [1.82, 2.24) is 14.5 Å². The number of hydrogen-bond donors (Lipinski definition) is 0. The number of benzene rings is 6. The molecule has 5 heteroatoms. The largest absolute Gasteiger partial charge is 0.452 e. The molecule has 43 heavy (non-hydrogen) atoms. The highest BCUT2D eigenvalue weighted by Crippen LogP contribution is 2.48. The quantitative estimate of drug-likeness (QED) is 0.209. The Kier molecular flexibility index (Phi) is 4.57. The van der Waals surface area contributed by atoms with Gasteiger partial charge in [0.2, 0.25) is 5.95 Å². The minimum absolute atomic E-state index is 0.635. The first-order chi connectivity index (χ1) is 21.3. The van der Waals surface area contributed by atoms with Gasteiger partial charge in [-0.1, -0.05) is 103 Å². The minimum Gasteiger partial charge on any atom is -0.452 e. The molecule has 0 aliphatic rings. The summed E-state index contributed by atoms with van der Waals surface area (Å²) in [6.07, 6.45) is 0. The van der Waals surface area contributed by atoms with Gasteiger partial charge in [0.05, 0.1) is 11.0 Å². The molecular formula is C38H21N3OS. The first-order valence-electron chi connectivity index (χ1n) is 14.4. The Morgan fingerprint density at radius 1 is 0.558 bits per heavy atom. The first kappa shape index (κ1) is 23.1. The molecule has 10 rings (SSSR count). The third-order valence-electron chi connectivity index (χ3n) is 8.60. The van der Waals surface area contributed by atoms with E-state index in [9.17, 15) is 0 Å². The zero-order valence-electron chi connectivity index (χ0n) is 22.8. The Morgan fingerprint density at radius 2 is 1.23 bits per heavy atom. The van der Waals surface area contributed by atoms with E-state index in [0.717, 1.165) is 38.8 Å². The zero-order valence-corrected chi connectivity index (χ0v) is 23.6. The van der Waals surface area contributed by atoms with E-state index in [2.05, 4.69) is 95.6 Å². The highest BCUT2D eigenvalue weighted by atomic mass is 32.1. The van der Waals surface area contributed by atoms with Crippen molar-refractivity contribution in [3.63, 3.8) is 0 Å². The third-order valence-corrected chi connectivity index (χ3v) is 9.81. The van der Waals surface area contributed by atoms with Crippen LogP contribution < -0.4 is 0 Å². The second-order valence-corrected chi connectivity index (χ2v) is 12.0. The zero-order chi connectivity index (χ0) is 28.1. The molecule has 6 aromatic carbocycles. The van der Waals surface area contributed by atoms with E-state index >= 15 is 0 Å². The number of furan rings is 1. The molecular weight excluding hydrogens is 547 g/mol.